The van der Waals surface area contributed by atoms with Crippen molar-refractivity contribution in [3.8, 4) is 0 Å². The monoisotopic (exact) mass is 168 g/mol. The predicted molar refractivity (Wildman–Crippen MR) is 38.7 cm³/mol. The third kappa shape index (κ3) is 0.592. The van der Waals surface area contributed by atoms with Gasteiger partial charge in [0.05, 0.1) is 11.6 Å². The largest absolute Gasteiger partial charge is 0.447 e. The number of rotatable bonds is 0. The molecule has 3 aliphatic heterocycles. The van der Waals surface area contributed by atoms with Crippen LogP contribution in [0.3, 0.4) is 0 Å². The SMILES string of the molecule is O=C1OC[C@H]2C3=NOC[C@@H]3CN12. The van der Waals surface area contributed by atoms with Gasteiger partial charge in [-0.3, -0.25) is 4.90 Å². The number of hydrogen-bond acceptors (Lipinski definition) is 4. The molecule has 5 nitrogen and oxygen atoms in total. The summed E-state index contributed by atoms with van der Waals surface area (Å²) in [6.07, 6.45) is -0.211. The molecule has 3 rings (SSSR count). The second kappa shape index (κ2) is 1.91. The molecular weight excluding hydrogens is 160 g/mol. The van der Waals surface area contributed by atoms with Crippen molar-refractivity contribution in [1.82, 2.24) is 4.90 Å². The quantitative estimate of drug-likeness (QED) is 0.504. The second-order valence-corrected chi connectivity index (χ2v) is 3.25. The summed E-state index contributed by atoms with van der Waals surface area (Å²) in [7, 11) is 0. The van der Waals surface area contributed by atoms with Crippen molar-refractivity contribution in [3.63, 3.8) is 0 Å². The number of cyclic esters (lactones) is 1. The van der Waals surface area contributed by atoms with Crippen LogP contribution in [0.15, 0.2) is 5.16 Å². The number of fused-ring (bicyclic) bond motifs is 3. The molecule has 2 saturated heterocycles. The van der Waals surface area contributed by atoms with Crippen LogP contribution in [0.5, 0.6) is 0 Å². The standard InChI is InChI=1S/C7H8N2O3/c10-7-9-1-4-2-12-8-6(4)5(9)3-11-7/h4-5H,1-3H2/t4-,5-/m0/s1. The van der Waals surface area contributed by atoms with Gasteiger partial charge >= 0.3 is 6.09 Å². The zero-order chi connectivity index (χ0) is 8.13. The Bertz CT molecular complexity index is 276. The van der Waals surface area contributed by atoms with Gasteiger partial charge in [0.1, 0.15) is 19.3 Å². The molecule has 64 valence electrons. The fourth-order valence-corrected chi connectivity index (χ4v) is 1.98. The lowest BCUT2D eigenvalue weighted by Gasteiger charge is -2.09. The summed E-state index contributed by atoms with van der Waals surface area (Å²) < 4.78 is 4.88. The van der Waals surface area contributed by atoms with E-state index in [-0.39, 0.29) is 12.1 Å². The Morgan fingerprint density at radius 1 is 1.50 bits per heavy atom. The van der Waals surface area contributed by atoms with E-state index in [2.05, 4.69) is 5.16 Å². The maximum absolute atomic E-state index is 11.1. The number of amides is 1. The zero-order valence-corrected chi connectivity index (χ0v) is 6.40. The van der Waals surface area contributed by atoms with E-state index in [9.17, 15) is 4.79 Å². The van der Waals surface area contributed by atoms with Gasteiger partial charge in [0, 0.05) is 6.54 Å². The topological polar surface area (TPSA) is 51.1 Å². The lowest BCUT2D eigenvalue weighted by molar-refractivity contribution is 0.135. The first-order valence-corrected chi connectivity index (χ1v) is 3.99. The van der Waals surface area contributed by atoms with Gasteiger partial charge < -0.3 is 9.57 Å². The number of carbonyl (C=O) groups excluding carboxylic acids is 1. The average Bonchev–Trinajstić information content (AvgIpc) is 2.63. The first kappa shape index (κ1) is 6.28. The molecule has 0 aromatic carbocycles. The molecule has 0 aromatic heterocycles. The van der Waals surface area contributed by atoms with E-state index in [4.69, 9.17) is 9.57 Å². The Labute approximate surface area is 68.9 Å². The number of oxime groups is 1. The van der Waals surface area contributed by atoms with Gasteiger partial charge in [-0.25, -0.2) is 4.79 Å². The third-order valence-corrected chi connectivity index (χ3v) is 2.60. The van der Waals surface area contributed by atoms with E-state index in [1.54, 1.807) is 4.90 Å². The molecule has 0 N–H and O–H groups in total. The lowest BCUT2D eigenvalue weighted by atomic mass is 10.1. The number of carbonyl (C=O) groups is 1. The number of hydrogen-bond donors (Lipinski definition) is 0. The van der Waals surface area contributed by atoms with Crippen molar-refractivity contribution < 1.29 is 14.4 Å². The Kier molecular flexibility index (Phi) is 0.999. The van der Waals surface area contributed by atoms with Crippen LogP contribution in [-0.2, 0) is 9.57 Å². The van der Waals surface area contributed by atoms with Crippen molar-refractivity contribution in [2.24, 2.45) is 11.1 Å². The number of nitrogens with zero attached hydrogens (tertiary/aromatic N) is 2. The highest BCUT2D eigenvalue weighted by molar-refractivity contribution is 5.98. The van der Waals surface area contributed by atoms with Crippen LogP contribution < -0.4 is 0 Å². The van der Waals surface area contributed by atoms with Gasteiger partial charge in [-0.05, 0) is 0 Å². The molecule has 1 amide bonds. The van der Waals surface area contributed by atoms with Crippen LogP contribution in [-0.4, -0.2) is 42.5 Å². The Balaban J connectivity index is 1.96. The van der Waals surface area contributed by atoms with Crippen molar-refractivity contribution in [2.75, 3.05) is 19.8 Å². The summed E-state index contributed by atoms with van der Waals surface area (Å²) in [6, 6.07) is 0.0602. The van der Waals surface area contributed by atoms with E-state index in [1.165, 1.54) is 0 Å². The number of ether oxygens (including phenoxy) is 1. The molecule has 3 heterocycles. The van der Waals surface area contributed by atoms with E-state index in [0.717, 1.165) is 5.71 Å². The summed E-state index contributed by atoms with van der Waals surface area (Å²) in [5, 5.41) is 3.92. The molecule has 0 aliphatic carbocycles. The molecule has 0 bridgehead atoms. The maximum atomic E-state index is 11.1. The molecule has 0 unspecified atom stereocenters. The Hall–Kier alpha value is -1.26. The molecule has 0 spiro atoms. The van der Waals surface area contributed by atoms with Gasteiger partial charge in [0.2, 0.25) is 0 Å². The highest BCUT2D eigenvalue weighted by atomic mass is 16.6. The van der Waals surface area contributed by atoms with Gasteiger partial charge in [-0.1, -0.05) is 5.16 Å². The second-order valence-electron chi connectivity index (χ2n) is 3.25. The molecule has 12 heavy (non-hydrogen) atoms. The molecule has 0 saturated carbocycles. The molecular formula is C7H8N2O3. The summed E-state index contributed by atoms with van der Waals surface area (Å²) in [4.78, 5) is 17.8. The highest BCUT2D eigenvalue weighted by Gasteiger charge is 2.49. The first-order valence-electron chi connectivity index (χ1n) is 3.99. The molecule has 5 heteroatoms. The van der Waals surface area contributed by atoms with Crippen molar-refractivity contribution >= 4 is 11.8 Å². The highest BCUT2D eigenvalue weighted by Crippen LogP contribution is 2.29. The maximum Gasteiger partial charge on any atom is 0.410 e. The van der Waals surface area contributed by atoms with Crippen molar-refractivity contribution in [3.05, 3.63) is 0 Å². The smallest absolute Gasteiger partial charge is 0.410 e. The summed E-state index contributed by atoms with van der Waals surface area (Å²) >= 11 is 0. The van der Waals surface area contributed by atoms with E-state index < -0.39 is 0 Å². The minimum atomic E-state index is -0.211. The summed E-state index contributed by atoms with van der Waals surface area (Å²) in [5.41, 5.74) is 0.987. The molecule has 0 aromatic rings. The molecule has 0 radical (unpaired) electrons. The lowest BCUT2D eigenvalue weighted by Crippen LogP contribution is -2.30. The minimum absolute atomic E-state index is 0.0602. The molecule has 2 atom stereocenters. The first-order chi connectivity index (χ1) is 5.86. The summed E-state index contributed by atoms with van der Waals surface area (Å²) in [5.74, 6) is 0.322. The van der Waals surface area contributed by atoms with E-state index in [0.29, 0.717) is 25.7 Å². The van der Waals surface area contributed by atoms with Crippen LogP contribution in [0.2, 0.25) is 0 Å². The summed E-state index contributed by atoms with van der Waals surface area (Å²) in [6.45, 7) is 1.77. The molecule has 3 aliphatic rings. The van der Waals surface area contributed by atoms with Crippen LogP contribution in [0.1, 0.15) is 0 Å². The van der Waals surface area contributed by atoms with Gasteiger partial charge in [0.25, 0.3) is 0 Å². The fourth-order valence-electron chi connectivity index (χ4n) is 1.98. The zero-order valence-electron chi connectivity index (χ0n) is 6.40. The average molecular weight is 168 g/mol. The fraction of sp³-hybridized carbons (Fsp3) is 0.714. The Morgan fingerprint density at radius 2 is 2.42 bits per heavy atom. The Morgan fingerprint density at radius 3 is 3.33 bits per heavy atom. The van der Waals surface area contributed by atoms with Crippen molar-refractivity contribution in [1.29, 1.82) is 0 Å². The van der Waals surface area contributed by atoms with Crippen LogP contribution in [0.25, 0.3) is 0 Å². The third-order valence-electron chi connectivity index (χ3n) is 2.60. The van der Waals surface area contributed by atoms with Gasteiger partial charge in [0.15, 0.2) is 0 Å². The van der Waals surface area contributed by atoms with Crippen LogP contribution in [0, 0.1) is 5.92 Å². The van der Waals surface area contributed by atoms with E-state index in [1.807, 2.05) is 0 Å². The van der Waals surface area contributed by atoms with Gasteiger partial charge in [-0.2, -0.15) is 0 Å². The van der Waals surface area contributed by atoms with Crippen LogP contribution >= 0.6 is 0 Å². The van der Waals surface area contributed by atoms with Crippen LogP contribution in [0.4, 0.5) is 4.79 Å². The molecule has 2 fully saturated rings. The van der Waals surface area contributed by atoms with Gasteiger partial charge in [-0.15, -0.1) is 0 Å². The normalized spacial score (nSPS) is 37.2. The predicted octanol–water partition coefficient (Wildman–Crippen LogP) is -0.177. The van der Waals surface area contributed by atoms with Crippen molar-refractivity contribution in [2.45, 2.75) is 6.04 Å². The minimum Gasteiger partial charge on any atom is -0.447 e. The van der Waals surface area contributed by atoms with E-state index >= 15 is 0 Å².